The number of amides is 1. The van der Waals surface area contributed by atoms with Gasteiger partial charge < -0.3 is 15.7 Å². The number of anilines is 1. The zero-order valence-corrected chi connectivity index (χ0v) is 16.5. The van der Waals surface area contributed by atoms with Crippen molar-refractivity contribution in [2.24, 2.45) is 0 Å². The molecule has 2 radical (unpaired) electrons. The fraction of sp³-hybridized carbons (Fsp3) is 0.136. The number of hydrogen-bond donors (Lipinski definition) is 3. The Morgan fingerprint density at radius 2 is 1.94 bits per heavy atom. The molecular formula is C22H19BFN5O2. The third kappa shape index (κ3) is 4.41. The van der Waals surface area contributed by atoms with Crippen LogP contribution in [0.15, 0.2) is 60.8 Å². The van der Waals surface area contributed by atoms with E-state index in [1.807, 2.05) is 12.1 Å². The third-order valence-electron chi connectivity index (χ3n) is 4.74. The topological polar surface area (TPSA) is 91.5 Å². The molecule has 0 aliphatic heterocycles. The molecule has 0 fully saturated rings. The van der Waals surface area contributed by atoms with Gasteiger partial charge in [0.25, 0.3) is 5.91 Å². The highest BCUT2D eigenvalue weighted by molar-refractivity contribution is 6.36. The number of nitrogens with zero attached hydrogens (tertiary/aromatic N) is 3. The van der Waals surface area contributed by atoms with Gasteiger partial charge >= 0.3 is 0 Å². The molecule has 0 saturated heterocycles. The first-order chi connectivity index (χ1) is 15.1. The molecule has 0 atom stereocenters. The third-order valence-corrected chi connectivity index (χ3v) is 4.74. The van der Waals surface area contributed by atoms with Crippen LogP contribution < -0.4 is 16.1 Å². The van der Waals surface area contributed by atoms with Crippen molar-refractivity contribution in [1.82, 2.24) is 19.9 Å². The second-order valence-corrected chi connectivity index (χ2v) is 6.87. The minimum Gasteiger partial charge on any atom is -0.395 e. The summed E-state index contributed by atoms with van der Waals surface area (Å²) in [7, 11) is 6.00. The summed E-state index contributed by atoms with van der Waals surface area (Å²) in [5, 5.41) is 18.9. The van der Waals surface area contributed by atoms with E-state index < -0.39 is 0 Å². The van der Waals surface area contributed by atoms with Crippen LogP contribution in [0.4, 0.5) is 10.2 Å². The van der Waals surface area contributed by atoms with E-state index in [2.05, 4.69) is 20.7 Å². The lowest BCUT2D eigenvalue weighted by Crippen LogP contribution is -2.26. The van der Waals surface area contributed by atoms with Crippen LogP contribution >= 0.6 is 0 Å². The van der Waals surface area contributed by atoms with E-state index in [1.165, 1.54) is 12.3 Å². The van der Waals surface area contributed by atoms with Crippen LogP contribution in [-0.2, 0) is 6.54 Å². The molecule has 4 aromatic rings. The lowest BCUT2D eigenvalue weighted by Gasteiger charge is -2.12. The van der Waals surface area contributed by atoms with Gasteiger partial charge in [-0.25, -0.2) is 9.37 Å². The minimum absolute atomic E-state index is 0.110. The zero-order valence-electron chi connectivity index (χ0n) is 16.5. The second kappa shape index (κ2) is 8.97. The van der Waals surface area contributed by atoms with Crippen molar-refractivity contribution < 1.29 is 14.3 Å². The number of aliphatic hydroxyl groups is 1. The summed E-state index contributed by atoms with van der Waals surface area (Å²) in [5.41, 5.74) is 3.06. The largest absolute Gasteiger partial charge is 0.395 e. The van der Waals surface area contributed by atoms with E-state index >= 15 is 0 Å². The number of nitrogens with one attached hydrogen (secondary N) is 2. The lowest BCUT2D eigenvalue weighted by molar-refractivity contribution is 0.0945. The normalized spacial score (nSPS) is 10.9. The van der Waals surface area contributed by atoms with Gasteiger partial charge in [-0.05, 0) is 35.3 Å². The number of carbonyl (C=O) groups excluding carboxylic acids is 1. The maximum atomic E-state index is 14.3. The molecule has 0 aliphatic carbocycles. The first kappa shape index (κ1) is 20.6. The summed E-state index contributed by atoms with van der Waals surface area (Å²) in [6.07, 6.45) is 1.50. The molecule has 2 heterocycles. The predicted octanol–water partition coefficient (Wildman–Crippen LogP) is 1.66. The van der Waals surface area contributed by atoms with E-state index in [4.69, 9.17) is 13.0 Å². The Morgan fingerprint density at radius 3 is 2.68 bits per heavy atom. The Kier molecular flexibility index (Phi) is 5.95. The average molecular weight is 415 g/mol. The molecule has 7 nitrogen and oxygen atoms in total. The molecule has 31 heavy (non-hydrogen) atoms. The maximum absolute atomic E-state index is 14.3. The molecule has 4 rings (SSSR count). The Morgan fingerprint density at radius 1 is 1.16 bits per heavy atom. The van der Waals surface area contributed by atoms with Gasteiger partial charge in [0.15, 0.2) is 5.65 Å². The monoisotopic (exact) mass is 415 g/mol. The molecular weight excluding hydrogens is 396 g/mol. The number of benzene rings is 2. The Labute approximate surface area is 179 Å². The number of carbonyl (C=O) groups is 1. The number of rotatable bonds is 7. The van der Waals surface area contributed by atoms with Crippen LogP contribution in [0.3, 0.4) is 0 Å². The summed E-state index contributed by atoms with van der Waals surface area (Å²) in [4.78, 5) is 16.4. The van der Waals surface area contributed by atoms with E-state index in [-0.39, 0.29) is 24.9 Å². The van der Waals surface area contributed by atoms with Crippen molar-refractivity contribution in [2.75, 3.05) is 18.5 Å². The first-order valence-electron chi connectivity index (χ1n) is 9.68. The van der Waals surface area contributed by atoms with Crippen LogP contribution in [0.1, 0.15) is 15.9 Å². The molecule has 9 heteroatoms. The lowest BCUT2D eigenvalue weighted by atomic mass is 10.0. The van der Waals surface area contributed by atoms with Crippen molar-refractivity contribution in [3.05, 3.63) is 77.7 Å². The van der Waals surface area contributed by atoms with Gasteiger partial charge in [-0.15, -0.1) is 0 Å². The average Bonchev–Trinajstić information content (AvgIpc) is 3.17. The van der Waals surface area contributed by atoms with Crippen molar-refractivity contribution in [2.45, 2.75) is 6.54 Å². The summed E-state index contributed by atoms with van der Waals surface area (Å²) < 4.78 is 15.9. The van der Waals surface area contributed by atoms with Gasteiger partial charge in [0.2, 0.25) is 0 Å². The Bertz CT molecular complexity index is 1230. The molecule has 154 valence electrons. The van der Waals surface area contributed by atoms with Gasteiger partial charge in [-0.2, -0.15) is 9.61 Å². The molecule has 0 unspecified atom stereocenters. The highest BCUT2D eigenvalue weighted by atomic mass is 19.1. The highest BCUT2D eigenvalue weighted by Crippen LogP contribution is 2.24. The first-order valence-corrected chi connectivity index (χ1v) is 9.68. The Hall–Kier alpha value is -3.72. The highest BCUT2D eigenvalue weighted by Gasteiger charge is 2.13. The summed E-state index contributed by atoms with van der Waals surface area (Å²) in [6, 6.07) is 15.2. The van der Waals surface area contributed by atoms with Gasteiger partial charge in [-0.1, -0.05) is 24.3 Å². The molecule has 1 amide bonds. The standard InChI is InChI=1S/C22H19BFN5O2/c23-17-13-27-29-20(11-19(28-21(17)29)16-3-1-2-4-18(16)24)26-12-14-5-7-15(8-6-14)22(31)25-9-10-30/h1-8,11,13,26,30H,9-10,12H2,(H,25,31). The minimum atomic E-state index is -0.376. The molecule has 2 aromatic heterocycles. The molecule has 0 spiro atoms. The predicted molar refractivity (Wildman–Crippen MR) is 117 cm³/mol. The molecule has 2 aromatic carbocycles. The summed E-state index contributed by atoms with van der Waals surface area (Å²) in [5.74, 6) is -0.0193. The quantitative estimate of drug-likeness (QED) is 0.400. The zero-order chi connectivity index (χ0) is 21.8. The number of fused-ring (bicyclic) bond motifs is 1. The van der Waals surface area contributed by atoms with Crippen molar-refractivity contribution in [3.8, 4) is 11.3 Å². The van der Waals surface area contributed by atoms with Crippen molar-refractivity contribution in [1.29, 1.82) is 0 Å². The van der Waals surface area contributed by atoms with Crippen molar-refractivity contribution >= 4 is 30.7 Å². The number of halogens is 1. The van der Waals surface area contributed by atoms with Gasteiger partial charge in [-0.3, -0.25) is 4.79 Å². The van der Waals surface area contributed by atoms with Gasteiger partial charge in [0.05, 0.1) is 12.3 Å². The van der Waals surface area contributed by atoms with Crippen LogP contribution in [0.2, 0.25) is 0 Å². The van der Waals surface area contributed by atoms with E-state index in [9.17, 15) is 9.18 Å². The van der Waals surface area contributed by atoms with Crippen molar-refractivity contribution in [3.63, 3.8) is 0 Å². The number of aromatic nitrogens is 3. The van der Waals surface area contributed by atoms with Crippen LogP contribution in [-0.4, -0.2) is 46.6 Å². The Balaban J connectivity index is 1.58. The van der Waals surface area contributed by atoms with Crippen LogP contribution in [0.25, 0.3) is 16.9 Å². The molecule has 0 bridgehead atoms. The fourth-order valence-electron chi connectivity index (χ4n) is 3.15. The molecule has 0 saturated carbocycles. The van der Waals surface area contributed by atoms with E-state index in [0.717, 1.165) is 5.56 Å². The van der Waals surface area contributed by atoms with Crippen LogP contribution in [0.5, 0.6) is 0 Å². The fourth-order valence-corrected chi connectivity index (χ4v) is 3.15. The van der Waals surface area contributed by atoms with E-state index in [0.29, 0.717) is 40.3 Å². The molecule has 3 N–H and O–H groups in total. The SMILES string of the molecule is [B]c1cnn2c(NCc3ccc(C(=O)NCCO)cc3)cc(-c3ccccc3F)nc12. The number of aliphatic hydroxyl groups excluding tert-OH is 1. The smallest absolute Gasteiger partial charge is 0.251 e. The van der Waals surface area contributed by atoms with Crippen LogP contribution in [0, 0.1) is 5.82 Å². The number of hydrogen-bond acceptors (Lipinski definition) is 5. The maximum Gasteiger partial charge on any atom is 0.251 e. The summed E-state index contributed by atoms with van der Waals surface area (Å²) >= 11 is 0. The second-order valence-electron chi connectivity index (χ2n) is 6.87. The van der Waals surface area contributed by atoms with Gasteiger partial charge in [0.1, 0.15) is 19.5 Å². The molecule has 0 aliphatic rings. The van der Waals surface area contributed by atoms with Gasteiger partial charge in [0, 0.05) is 36.5 Å². The van der Waals surface area contributed by atoms with E-state index in [1.54, 1.807) is 40.9 Å². The summed E-state index contributed by atoms with van der Waals surface area (Å²) in [6.45, 7) is 0.534.